The van der Waals surface area contributed by atoms with E-state index in [4.69, 9.17) is 0 Å². The van der Waals surface area contributed by atoms with Crippen LogP contribution in [0.4, 0.5) is 16.2 Å². The van der Waals surface area contributed by atoms with E-state index in [1.165, 1.54) is 16.7 Å². The number of phenolic OH excluding ortho intramolecular Hbond substituents is 1. The van der Waals surface area contributed by atoms with Gasteiger partial charge in [-0.15, -0.1) is 0 Å². The third-order valence-corrected chi connectivity index (χ3v) is 7.72. The van der Waals surface area contributed by atoms with Crippen LogP contribution in [0, 0.1) is 0 Å². The van der Waals surface area contributed by atoms with Crippen molar-refractivity contribution in [1.82, 2.24) is 0 Å². The van der Waals surface area contributed by atoms with E-state index in [0.717, 1.165) is 32.7 Å². The predicted molar refractivity (Wildman–Crippen MR) is 156 cm³/mol. The maximum atomic E-state index is 13.0. The van der Waals surface area contributed by atoms with Crippen molar-refractivity contribution in [3.8, 4) is 16.9 Å². The molecule has 0 aliphatic rings. The zero-order valence-electron chi connectivity index (χ0n) is 20.3. The molecule has 1 amide bonds. The van der Waals surface area contributed by atoms with Gasteiger partial charge in [0, 0.05) is 10.5 Å². The monoisotopic (exact) mass is 513 g/mol. The van der Waals surface area contributed by atoms with Gasteiger partial charge in [0.05, 0.1) is 16.3 Å². The van der Waals surface area contributed by atoms with E-state index in [-0.39, 0.29) is 5.75 Å². The summed E-state index contributed by atoms with van der Waals surface area (Å²) in [6, 6.07) is 40.6. The lowest BCUT2D eigenvalue weighted by molar-refractivity contribution is 0.204. The second-order valence-electron chi connectivity index (χ2n) is 8.86. The molecule has 0 aliphatic carbocycles. The first-order chi connectivity index (χ1) is 18.6. The fourth-order valence-electron chi connectivity index (χ4n) is 4.90. The molecule has 5 heteroatoms. The third-order valence-electron chi connectivity index (χ3n) is 6.59. The van der Waals surface area contributed by atoms with Gasteiger partial charge in [0.1, 0.15) is 5.75 Å². The van der Waals surface area contributed by atoms with Crippen molar-refractivity contribution in [3.63, 3.8) is 0 Å². The van der Waals surface area contributed by atoms with Crippen molar-refractivity contribution < 1.29 is 15.0 Å². The summed E-state index contributed by atoms with van der Waals surface area (Å²) < 4.78 is 0. The average molecular weight is 514 g/mol. The number of para-hydroxylation sites is 2. The Morgan fingerprint density at radius 2 is 1.18 bits per heavy atom. The van der Waals surface area contributed by atoms with Crippen LogP contribution in [0.15, 0.2) is 137 Å². The lowest BCUT2D eigenvalue weighted by Crippen LogP contribution is -2.25. The van der Waals surface area contributed by atoms with Gasteiger partial charge in [0.2, 0.25) is 0 Å². The number of carboxylic acid groups (broad SMARTS) is 1. The minimum Gasteiger partial charge on any atom is -0.507 e. The van der Waals surface area contributed by atoms with E-state index >= 15 is 0 Å². The van der Waals surface area contributed by atoms with Crippen LogP contribution in [-0.4, -0.2) is 16.3 Å². The first-order valence-electron chi connectivity index (χ1n) is 12.2. The van der Waals surface area contributed by atoms with Crippen LogP contribution in [0.3, 0.4) is 0 Å². The molecule has 0 heterocycles. The Hall–Kier alpha value is -4.74. The standard InChI is InChI=1S/C33H23NO3S/c35-29-17-6-8-19-31(29)38-30-18-7-5-16-27(30)34(33(36)37)28-21-20-23-11-2-4-14-25(23)32(28)26-15-9-12-22-10-1-3-13-24(22)26/h1-21,35H,(H,36,37). The molecule has 4 nitrogen and oxygen atoms in total. The van der Waals surface area contributed by atoms with Crippen molar-refractivity contribution in [3.05, 3.63) is 127 Å². The van der Waals surface area contributed by atoms with Crippen molar-refractivity contribution in [2.75, 3.05) is 4.90 Å². The Morgan fingerprint density at radius 3 is 1.95 bits per heavy atom. The Morgan fingerprint density at radius 1 is 0.579 bits per heavy atom. The lowest BCUT2D eigenvalue weighted by Gasteiger charge is -2.26. The number of hydrogen-bond donors (Lipinski definition) is 2. The highest BCUT2D eigenvalue weighted by Gasteiger charge is 2.25. The summed E-state index contributed by atoms with van der Waals surface area (Å²) in [6.07, 6.45) is -1.09. The van der Waals surface area contributed by atoms with Gasteiger partial charge in [-0.25, -0.2) is 9.69 Å². The Balaban J connectivity index is 1.62. The second-order valence-corrected chi connectivity index (χ2v) is 9.95. The van der Waals surface area contributed by atoms with Gasteiger partial charge in [-0.05, 0) is 57.4 Å². The SMILES string of the molecule is O=C(O)N(c1ccccc1Sc1ccccc1O)c1ccc2ccccc2c1-c1cccc2ccccc12. The largest absolute Gasteiger partial charge is 0.507 e. The average Bonchev–Trinajstić information content (AvgIpc) is 2.95. The molecular weight excluding hydrogens is 490 g/mol. The molecule has 6 rings (SSSR count). The lowest BCUT2D eigenvalue weighted by atomic mass is 9.92. The van der Waals surface area contributed by atoms with E-state index in [2.05, 4.69) is 24.3 Å². The van der Waals surface area contributed by atoms with Crippen LogP contribution < -0.4 is 4.90 Å². The zero-order valence-corrected chi connectivity index (χ0v) is 21.1. The molecule has 0 saturated heterocycles. The number of nitrogens with zero attached hydrogens (tertiary/aromatic N) is 1. The number of fused-ring (bicyclic) bond motifs is 2. The van der Waals surface area contributed by atoms with Crippen LogP contribution in [0.2, 0.25) is 0 Å². The van der Waals surface area contributed by atoms with Gasteiger partial charge in [-0.2, -0.15) is 0 Å². The fourth-order valence-corrected chi connectivity index (χ4v) is 5.87. The highest BCUT2D eigenvalue weighted by Crippen LogP contribution is 2.46. The van der Waals surface area contributed by atoms with E-state index < -0.39 is 6.09 Å². The molecule has 0 bridgehead atoms. The first kappa shape index (κ1) is 23.6. The summed E-state index contributed by atoms with van der Waals surface area (Å²) in [5.74, 6) is 0.149. The molecule has 0 radical (unpaired) electrons. The van der Waals surface area contributed by atoms with Crippen molar-refractivity contribution in [1.29, 1.82) is 0 Å². The molecule has 184 valence electrons. The Kier molecular flexibility index (Phi) is 6.20. The molecule has 2 N–H and O–H groups in total. The maximum absolute atomic E-state index is 13.0. The minimum atomic E-state index is -1.09. The summed E-state index contributed by atoms with van der Waals surface area (Å²) in [4.78, 5) is 15.7. The number of benzene rings is 6. The molecular formula is C33H23NO3S. The number of amides is 1. The number of rotatable bonds is 5. The molecule has 38 heavy (non-hydrogen) atoms. The molecule has 0 unspecified atom stereocenters. The Labute approximate surface area is 224 Å². The van der Waals surface area contributed by atoms with Crippen molar-refractivity contribution in [2.24, 2.45) is 0 Å². The second kappa shape index (κ2) is 9.96. The topological polar surface area (TPSA) is 60.8 Å². The molecule has 0 fully saturated rings. The number of aromatic hydroxyl groups is 1. The molecule has 0 spiro atoms. The summed E-state index contributed by atoms with van der Waals surface area (Å²) >= 11 is 1.33. The molecule has 0 saturated carbocycles. The van der Waals surface area contributed by atoms with Crippen LogP contribution >= 0.6 is 11.8 Å². The van der Waals surface area contributed by atoms with Crippen LogP contribution in [0.25, 0.3) is 32.7 Å². The zero-order chi connectivity index (χ0) is 26.1. The van der Waals surface area contributed by atoms with E-state index in [0.29, 0.717) is 21.2 Å². The van der Waals surface area contributed by atoms with Crippen LogP contribution in [0.1, 0.15) is 0 Å². The number of phenols is 1. The summed E-state index contributed by atoms with van der Waals surface area (Å²) in [7, 11) is 0. The summed E-state index contributed by atoms with van der Waals surface area (Å²) in [5.41, 5.74) is 2.90. The molecule has 6 aromatic rings. The quantitative estimate of drug-likeness (QED) is 0.241. The van der Waals surface area contributed by atoms with E-state index in [9.17, 15) is 15.0 Å². The van der Waals surface area contributed by atoms with Crippen LogP contribution in [-0.2, 0) is 0 Å². The normalized spacial score (nSPS) is 11.1. The van der Waals surface area contributed by atoms with Crippen LogP contribution in [0.5, 0.6) is 5.75 Å². The molecule has 0 aromatic heterocycles. The van der Waals surface area contributed by atoms with Gasteiger partial charge in [-0.1, -0.05) is 109 Å². The number of hydrogen-bond acceptors (Lipinski definition) is 3. The molecule has 0 atom stereocenters. The minimum absolute atomic E-state index is 0.149. The van der Waals surface area contributed by atoms with Gasteiger partial charge >= 0.3 is 6.09 Å². The summed E-state index contributed by atoms with van der Waals surface area (Å²) in [5, 5.41) is 25.2. The predicted octanol–water partition coefficient (Wildman–Crippen LogP) is 9.33. The molecule has 0 aliphatic heterocycles. The maximum Gasteiger partial charge on any atom is 0.416 e. The summed E-state index contributed by atoms with van der Waals surface area (Å²) in [6.45, 7) is 0. The first-order valence-corrected chi connectivity index (χ1v) is 13.0. The van der Waals surface area contributed by atoms with Gasteiger partial charge in [0.25, 0.3) is 0 Å². The number of anilines is 2. The van der Waals surface area contributed by atoms with Crippen molar-refractivity contribution >= 4 is 50.8 Å². The van der Waals surface area contributed by atoms with Gasteiger partial charge in [0.15, 0.2) is 0 Å². The highest BCUT2D eigenvalue weighted by molar-refractivity contribution is 7.99. The number of carbonyl (C=O) groups is 1. The highest BCUT2D eigenvalue weighted by atomic mass is 32.2. The third kappa shape index (κ3) is 4.23. The van der Waals surface area contributed by atoms with E-state index in [1.807, 2.05) is 84.9 Å². The Bertz CT molecular complexity index is 1810. The van der Waals surface area contributed by atoms with E-state index in [1.54, 1.807) is 18.2 Å². The van der Waals surface area contributed by atoms with Gasteiger partial charge < -0.3 is 10.2 Å². The smallest absolute Gasteiger partial charge is 0.416 e. The fraction of sp³-hybridized carbons (Fsp3) is 0. The van der Waals surface area contributed by atoms with Gasteiger partial charge in [-0.3, -0.25) is 0 Å². The van der Waals surface area contributed by atoms with Crippen molar-refractivity contribution in [2.45, 2.75) is 9.79 Å². The molecule has 6 aromatic carbocycles.